The molecule has 0 aromatic carbocycles. The normalized spacial score (nSPS) is 11.8. The maximum absolute atomic E-state index is 13.0. The molecule has 2 aromatic rings. The zero-order valence-electron chi connectivity index (χ0n) is 15.8. The second kappa shape index (κ2) is 8.47. The van der Waals surface area contributed by atoms with Crippen molar-refractivity contribution < 1.29 is 5.11 Å². The summed E-state index contributed by atoms with van der Waals surface area (Å²) in [4.78, 5) is 30.3. The Morgan fingerprint density at radius 2 is 1.72 bits per heavy atom. The van der Waals surface area contributed by atoms with Crippen molar-refractivity contribution in [2.45, 2.75) is 79.6 Å². The Hall–Kier alpha value is -1.89. The van der Waals surface area contributed by atoms with Crippen molar-refractivity contribution in [3.8, 4) is 0 Å². The van der Waals surface area contributed by atoms with Gasteiger partial charge in [0.1, 0.15) is 12.4 Å². The van der Waals surface area contributed by atoms with Gasteiger partial charge in [0.05, 0.1) is 0 Å². The molecule has 0 fully saturated rings. The van der Waals surface area contributed by atoms with Crippen molar-refractivity contribution in [1.82, 2.24) is 18.7 Å². The third-order valence-corrected chi connectivity index (χ3v) is 4.45. The van der Waals surface area contributed by atoms with Crippen molar-refractivity contribution in [2.24, 2.45) is 5.92 Å². The standard InChI is InChI=1S/C18H30N4O3/c1-5-7-10-21-16-15(20(9-6-2)14(12-23)19-16)17(24)22(18(21)25)11-8-13(3)4/h13,23H,5-12H2,1-4H3. The summed E-state index contributed by atoms with van der Waals surface area (Å²) in [5.74, 6) is 0.847. The number of aliphatic hydroxyl groups excluding tert-OH is 1. The molecule has 0 unspecified atom stereocenters. The highest BCUT2D eigenvalue weighted by Gasteiger charge is 2.20. The van der Waals surface area contributed by atoms with Crippen LogP contribution in [-0.4, -0.2) is 23.8 Å². The molecule has 0 radical (unpaired) electrons. The van der Waals surface area contributed by atoms with Crippen LogP contribution in [0.4, 0.5) is 0 Å². The van der Waals surface area contributed by atoms with Gasteiger partial charge in [-0.05, 0) is 25.2 Å². The first-order chi connectivity index (χ1) is 12.0. The number of fused-ring (bicyclic) bond motifs is 1. The van der Waals surface area contributed by atoms with Crippen LogP contribution in [0.3, 0.4) is 0 Å². The maximum Gasteiger partial charge on any atom is 0.332 e. The number of aromatic nitrogens is 4. The molecule has 2 rings (SSSR count). The van der Waals surface area contributed by atoms with Crippen molar-refractivity contribution in [3.05, 3.63) is 26.7 Å². The van der Waals surface area contributed by atoms with E-state index in [-0.39, 0.29) is 17.9 Å². The van der Waals surface area contributed by atoms with Gasteiger partial charge in [-0.15, -0.1) is 0 Å². The van der Waals surface area contributed by atoms with E-state index in [9.17, 15) is 14.7 Å². The highest BCUT2D eigenvalue weighted by molar-refractivity contribution is 5.71. The maximum atomic E-state index is 13.0. The van der Waals surface area contributed by atoms with E-state index in [1.807, 2.05) is 6.92 Å². The first-order valence-corrected chi connectivity index (χ1v) is 9.29. The molecular weight excluding hydrogens is 320 g/mol. The van der Waals surface area contributed by atoms with Gasteiger partial charge >= 0.3 is 5.69 Å². The molecule has 1 N–H and O–H groups in total. The van der Waals surface area contributed by atoms with Crippen LogP contribution in [0.1, 0.15) is 59.2 Å². The largest absolute Gasteiger partial charge is 0.388 e. The van der Waals surface area contributed by atoms with Crippen LogP contribution in [0.25, 0.3) is 11.2 Å². The van der Waals surface area contributed by atoms with Gasteiger partial charge in [0.25, 0.3) is 5.56 Å². The van der Waals surface area contributed by atoms with Gasteiger partial charge in [-0.3, -0.25) is 13.9 Å². The van der Waals surface area contributed by atoms with Gasteiger partial charge in [-0.25, -0.2) is 9.78 Å². The summed E-state index contributed by atoms with van der Waals surface area (Å²) in [5.41, 5.74) is 0.249. The van der Waals surface area contributed by atoms with Gasteiger partial charge in [-0.2, -0.15) is 0 Å². The zero-order valence-corrected chi connectivity index (χ0v) is 15.8. The number of aliphatic hydroxyl groups is 1. The third kappa shape index (κ3) is 3.86. The molecule has 0 amide bonds. The van der Waals surface area contributed by atoms with E-state index < -0.39 is 0 Å². The lowest BCUT2D eigenvalue weighted by Gasteiger charge is -2.13. The number of aryl methyl sites for hydroxylation is 2. The summed E-state index contributed by atoms with van der Waals surface area (Å²) in [6.45, 7) is 9.50. The van der Waals surface area contributed by atoms with E-state index in [2.05, 4.69) is 25.8 Å². The average molecular weight is 350 g/mol. The average Bonchev–Trinajstić information content (AvgIpc) is 2.93. The molecular formula is C18H30N4O3. The van der Waals surface area contributed by atoms with E-state index in [1.54, 1.807) is 9.13 Å². The Bertz CT molecular complexity index is 829. The fraction of sp³-hybridized carbons (Fsp3) is 0.722. The molecule has 0 aliphatic carbocycles. The van der Waals surface area contributed by atoms with Crippen molar-refractivity contribution in [3.63, 3.8) is 0 Å². The number of unbranched alkanes of at least 4 members (excludes halogenated alkanes) is 1. The Morgan fingerprint density at radius 3 is 2.28 bits per heavy atom. The smallest absolute Gasteiger partial charge is 0.332 e. The van der Waals surface area contributed by atoms with Crippen LogP contribution in [0.15, 0.2) is 9.59 Å². The summed E-state index contributed by atoms with van der Waals surface area (Å²) >= 11 is 0. The lowest BCUT2D eigenvalue weighted by molar-refractivity contribution is 0.265. The molecule has 0 aliphatic heterocycles. The van der Waals surface area contributed by atoms with Gasteiger partial charge in [0.2, 0.25) is 0 Å². The molecule has 0 aliphatic rings. The van der Waals surface area contributed by atoms with Crippen LogP contribution in [-0.2, 0) is 26.2 Å². The number of nitrogens with zero attached hydrogens (tertiary/aromatic N) is 4. The van der Waals surface area contributed by atoms with Crippen LogP contribution < -0.4 is 11.2 Å². The first kappa shape index (κ1) is 19.4. The summed E-state index contributed by atoms with van der Waals surface area (Å²) in [6.07, 6.45) is 3.37. The Morgan fingerprint density at radius 1 is 1.00 bits per heavy atom. The lowest BCUT2D eigenvalue weighted by atomic mass is 10.1. The third-order valence-electron chi connectivity index (χ3n) is 4.45. The predicted molar refractivity (Wildman–Crippen MR) is 98.8 cm³/mol. The van der Waals surface area contributed by atoms with E-state index in [1.165, 1.54) is 4.57 Å². The minimum Gasteiger partial charge on any atom is -0.388 e. The summed E-state index contributed by atoms with van der Waals surface area (Å²) in [7, 11) is 0. The summed E-state index contributed by atoms with van der Waals surface area (Å²) in [5, 5.41) is 9.64. The molecule has 0 atom stereocenters. The molecule has 140 valence electrons. The first-order valence-electron chi connectivity index (χ1n) is 9.29. The quantitative estimate of drug-likeness (QED) is 0.751. The summed E-state index contributed by atoms with van der Waals surface area (Å²) < 4.78 is 4.71. The molecule has 2 aromatic heterocycles. The topological polar surface area (TPSA) is 82.1 Å². The van der Waals surface area contributed by atoms with Crippen LogP contribution in [0.2, 0.25) is 0 Å². The number of rotatable bonds is 9. The Labute approximate surface area is 147 Å². The van der Waals surface area contributed by atoms with Crippen LogP contribution >= 0.6 is 0 Å². The summed E-state index contributed by atoms with van der Waals surface area (Å²) in [6, 6.07) is 0. The van der Waals surface area contributed by atoms with Gasteiger partial charge < -0.3 is 9.67 Å². The molecule has 25 heavy (non-hydrogen) atoms. The van der Waals surface area contributed by atoms with Crippen LogP contribution in [0.5, 0.6) is 0 Å². The molecule has 2 heterocycles. The Kier molecular flexibility index (Phi) is 6.58. The van der Waals surface area contributed by atoms with Gasteiger partial charge in [0.15, 0.2) is 11.2 Å². The second-order valence-corrected chi connectivity index (χ2v) is 6.94. The van der Waals surface area contributed by atoms with E-state index in [0.717, 1.165) is 25.7 Å². The highest BCUT2D eigenvalue weighted by atomic mass is 16.3. The van der Waals surface area contributed by atoms with E-state index in [4.69, 9.17) is 0 Å². The van der Waals surface area contributed by atoms with Crippen molar-refractivity contribution in [2.75, 3.05) is 0 Å². The fourth-order valence-electron chi connectivity index (χ4n) is 3.02. The zero-order chi connectivity index (χ0) is 18.6. The van der Waals surface area contributed by atoms with Crippen molar-refractivity contribution >= 4 is 11.2 Å². The van der Waals surface area contributed by atoms with E-state index in [0.29, 0.717) is 42.5 Å². The molecule has 0 saturated carbocycles. The molecule has 0 spiro atoms. The molecule has 0 bridgehead atoms. The van der Waals surface area contributed by atoms with E-state index >= 15 is 0 Å². The van der Waals surface area contributed by atoms with Crippen LogP contribution in [0, 0.1) is 5.92 Å². The lowest BCUT2D eigenvalue weighted by Crippen LogP contribution is -2.41. The van der Waals surface area contributed by atoms with Gasteiger partial charge in [-0.1, -0.05) is 34.1 Å². The number of imidazole rings is 1. The number of hydrogen-bond acceptors (Lipinski definition) is 4. The second-order valence-electron chi connectivity index (χ2n) is 6.94. The SMILES string of the molecule is CCCCn1c(=O)n(CCC(C)C)c(=O)c2c1nc(CO)n2CCC. The predicted octanol–water partition coefficient (Wildman–Crippen LogP) is 2.11. The molecule has 7 nitrogen and oxygen atoms in total. The Balaban J connectivity index is 2.77. The molecule has 0 saturated heterocycles. The monoisotopic (exact) mass is 350 g/mol. The molecule has 7 heteroatoms. The van der Waals surface area contributed by atoms with Crippen molar-refractivity contribution in [1.29, 1.82) is 0 Å². The minimum absolute atomic E-state index is 0.248. The highest BCUT2D eigenvalue weighted by Crippen LogP contribution is 2.14. The van der Waals surface area contributed by atoms with Gasteiger partial charge in [0, 0.05) is 19.6 Å². The fourth-order valence-corrected chi connectivity index (χ4v) is 3.02. The number of hydrogen-bond donors (Lipinski definition) is 1. The minimum atomic E-state index is -0.297.